The van der Waals surface area contributed by atoms with Crippen LogP contribution in [0.4, 0.5) is 0 Å². The van der Waals surface area contributed by atoms with Gasteiger partial charge in [0.15, 0.2) is 0 Å². The zero-order valence-electron chi connectivity index (χ0n) is 8.67. The molecule has 2 atom stereocenters. The number of hydrogen-bond acceptors (Lipinski definition) is 1. The van der Waals surface area contributed by atoms with Crippen LogP contribution < -0.4 is 0 Å². The molecule has 0 spiro atoms. The minimum absolute atomic E-state index is 0.569. The quantitative estimate of drug-likeness (QED) is 0.699. The Morgan fingerprint density at radius 1 is 1.62 bits per heavy atom. The van der Waals surface area contributed by atoms with E-state index in [9.17, 15) is 0 Å². The molecule has 1 aliphatic rings. The highest BCUT2D eigenvalue weighted by atomic mass is 15.2. The Balaban J connectivity index is 2.32. The Hall–Kier alpha value is -0.760. The van der Waals surface area contributed by atoms with Crippen molar-refractivity contribution in [3.8, 4) is 0 Å². The molecule has 0 saturated heterocycles. The van der Waals surface area contributed by atoms with Crippen LogP contribution in [0, 0.1) is 0 Å². The second-order valence-corrected chi connectivity index (χ2v) is 4.02. The number of H-pyrrole nitrogens is 1. The van der Waals surface area contributed by atoms with E-state index in [1.807, 2.05) is 0 Å². The molecule has 2 rings (SSSR count). The third kappa shape index (κ3) is 1.29. The number of fused-ring (bicyclic) bond motifs is 1. The van der Waals surface area contributed by atoms with Gasteiger partial charge in [0.05, 0.1) is 0 Å². The zero-order valence-corrected chi connectivity index (χ0v) is 8.67. The molecular weight excluding hydrogens is 160 g/mol. The molecule has 1 N–H and O–H groups in total. The molecule has 0 aliphatic carbocycles. The molecule has 0 radical (unpaired) electrons. The van der Waals surface area contributed by atoms with Crippen molar-refractivity contribution in [1.29, 1.82) is 0 Å². The number of rotatable bonds is 1. The zero-order chi connectivity index (χ0) is 9.42. The molecule has 0 saturated carbocycles. The Morgan fingerprint density at radius 2 is 2.38 bits per heavy atom. The summed E-state index contributed by atoms with van der Waals surface area (Å²) in [4.78, 5) is 5.83. The highest BCUT2D eigenvalue weighted by Gasteiger charge is 2.28. The lowest BCUT2D eigenvalue weighted by Crippen LogP contribution is -2.39. The van der Waals surface area contributed by atoms with Gasteiger partial charge in [0.2, 0.25) is 0 Å². The van der Waals surface area contributed by atoms with Crippen LogP contribution in [-0.2, 0) is 6.42 Å². The van der Waals surface area contributed by atoms with Gasteiger partial charge in [-0.2, -0.15) is 0 Å². The van der Waals surface area contributed by atoms with Gasteiger partial charge in [0.25, 0.3) is 0 Å². The normalized spacial score (nSPS) is 28.8. The lowest BCUT2D eigenvalue weighted by atomic mass is 9.94. The smallest absolute Gasteiger partial charge is 0.0337 e. The van der Waals surface area contributed by atoms with E-state index < -0.39 is 0 Å². The maximum absolute atomic E-state index is 3.35. The maximum atomic E-state index is 3.35. The Morgan fingerprint density at radius 3 is 3.08 bits per heavy atom. The highest BCUT2D eigenvalue weighted by Crippen LogP contribution is 2.31. The number of likely N-dealkylation sites (N-methyl/N-ethyl adjacent to an activating group) is 1. The summed E-state index contributed by atoms with van der Waals surface area (Å²) in [7, 11) is 2.23. The Labute approximate surface area is 79.9 Å². The van der Waals surface area contributed by atoms with Crippen molar-refractivity contribution < 1.29 is 0 Å². The van der Waals surface area contributed by atoms with E-state index in [1.54, 1.807) is 0 Å². The van der Waals surface area contributed by atoms with Gasteiger partial charge in [0.1, 0.15) is 0 Å². The first kappa shape index (κ1) is 8.82. The molecule has 1 aromatic rings. The van der Waals surface area contributed by atoms with Gasteiger partial charge in [-0.05, 0) is 32.0 Å². The van der Waals surface area contributed by atoms with E-state index in [2.05, 4.69) is 43.0 Å². The third-order valence-corrected chi connectivity index (χ3v) is 3.42. The molecule has 1 aliphatic heterocycles. The monoisotopic (exact) mass is 178 g/mol. The first-order chi connectivity index (χ1) is 6.24. The van der Waals surface area contributed by atoms with E-state index in [0.29, 0.717) is 12.1 Å². The fourth-order valence-electron chi connectivity index (χ4n) is 2.33. The van der Waals surface area contributed by atoms with Crippen LogP contribution >= 0.6 is 0 Å². The fourth-order valence-corrected chi connectivity index (χ4v) is 2.33. The van der Waals surface area contributed by atoms with Gasteiger partial charge in [-0.25, -0.2) is 0 Å². The molecular formula is C11H18N2. The van der Waals surface area contributed by atoms with Crippen molar-refractivity contribution in [3.63, 3.8) is 0 Å². The van der Waals surface area contributed by atoms with Crippen molar-refractivity contribution in [1.82, 2.24) is 9.88 Å². The van der Waals surface area contributed by atoms with Crippen LogP contribution in [0.25, 0.3) is 0 Å². The van der Waals surface area contributed by atoms with Crippen molar-refractivity contribution in [2.45, 2.75) is 38.8 Å². The largest absolute Gasteiger partial charge is 0.365 e. The molecule has 2 nitrogen and oxygen atoms in total. The lowest BCUT2D eigenvalue weighted by Gasteiger charge is -2.37. The van der Waals surface area contributed by atoms with Crippen LogP contribution in [-0.4, -0.2) is 23.0 Å². The predicted octanol–water partition coefficient (Wildman–Crippen LogP) is 2.34. The topological polar surface area (TPSA) is 19.0 Å². The second-order valence-electron chi connectivity index (χ2n) is 4.02. The predicted molar refractivity (Wildman–Crippen MR) is 54.8 cm³/mol. The molecule has 0 unspecified atom stereocenters. The van der Waals surface area contributed by atoms with Gasteiger partial charge in [-0.1, -0.05) is 6.92 Å². The summed E-state index contributed by atoms with van der Waals surface area (Å²) in [5.41, 5.74) is 2.92. The lowest BCUT2D eigenvalue weighted by molar-refractivity contribution is 0.161. The molecule has 13 heavy (non-hydrogen) atoms. The molecule has 2 heterocycles. The van der Waals surface area contributed by atoms with E-state index >= 15 is 0 Å². The van der Waals surface area contributed by atoms with E-state index in [0.717, 1.165) is 0 Å². The summed E-state index contributed by atoms with van der Waals surface area (Å²) in [6, 6.07) is 3.49. The Kier molecular flexibility index (Phi) is 2.16. The highest BCUT2D eigenvalue weighted by molar-refractivity contribution is 5.27. The van der Waals surface area contributed by atoms with Crippen molar-refractivity contribution in [2.75, 3.05) is 7.05 Å². The molecule has 72 valence electrons. The van der Waals surface area contributed by atoms with E-state index in [4.69, 9.17) is 0 Å². The summed E-state index contributed by atoms with van der Waals surface area (Å²) >= 11 is 0. The molecule has 0 fully saturated rings. The molecule has 1 aromatic heterocycles. The van der Waals surface area contributed by atoms with Crippen molar-refractivity contribution >= 4 is 0 Å². The first-order valence-corrected chi connectivity index (χ1v) is 5.12. The molecule has 0 bridgehead atoms. The molecule has 0 amide bonds. The SMILES string of the molecule is CC[C@@H]1Cc2[nH]ccc2[C@@H](C)N1C. The number of aromatic amines is 1. The number of hydrogen-bond donors (Lipinski definition) is 1. The minimum Gasteiger partial charge on any atom is -0.365 e. The third-order valence-electron chi connectivity index (χ3n) is 3.42. The average Bonchev–Trinajstić information content (AvgIpc) is 2.59. The summed E-state index contributed by atoms with van der Waals surface area (Å²) in [5, 5.41) is 0. The van der Waals surface area contributed by atoms with Gasteiger partial charge >= 0.3 is 0 Å². The Bertz CT molecular complexity index is 290. The second kappa shape index (κ2) is 3.18. The summed E-state index contributed by atoms with van der Waals surface area (Å²) < 4.78 is 0. The molecule has 0 aromatic carbocycles. The number of nitrogens with one attached hydrogen (secondary N) is 1. The average molecular weight is 178 g/mol. The standard InChI is InChI=1S/C11H18N2/c1-4-9-7-11-10(5-6-12-11)8(2)13(9)3/h5-6,8-9,12H,4,7H2,1-3H3/t8-,9-/m1/s1. The summed E-state index contributed by atoms with van der Waals surface area (Å²) in [6.07, 6.45) is 4.48. The van der Waals surface area contributed by atoms with Gasteiger partial charge < -0.3 is 4.98 Å². The maximum Gasteiger partial charge on any atom is 0.0337 e. The van der Waals surface area contributed by atoms with Gasteiger partial charge in [-0.15, -0.1) is 0 Å². The fraction of sp³-hybridized carbons (Fsp3) is 0.636. The number of nitrogens with zero attached hydrogens (tertiary/aromatic N) is 1. The summed E-state index contributed by atoms with van der Waals surface area (Å²) in [6.45, 7) is 4.55. The first-order valence-electron chi connectivity index (χ1n) is 5.12. The molecule has 2 heteroatoms. The van der Waals surface area contributed by atoms with Crippen molar-refractivity contribution in [2.24, 2.45) is 0 Å². The van der Waals surface area contributed by atoms with Crippen LogP contribution in [0.1, 0.15) is 37.6 Å². The number of aromatic nitrogens is 1. The van der Waals surface area contributed by atoms with Crippen molar-refractivity contribution in [3.05, 3.63) is 23.5 Å². The van der Waals surface area contributed by atoms with E-state index in [-0.39, 0.29) is 0 Å². The van der Waals surface area contributed by atoms with Crippen LogP contribution in [0.5, 0.6) is 0 Å². The summed E-state index contributed by atoms with van der Waals surface area (Å²) in [5.74, 6) is 0. The van der Waals surface area contributed by atoms with Crippen LogP contribution in [0.15, 0.2) is 12.3 Å². The van der Waals surface area contributed by atoms with E-state index in [1.165, 1.54) is 24.1 Å². The van der Waals surface area contributed by atoms with Crippen LogP contribution in [0.3, 0.4) is 0 Å². The van der Waals surface area contributed by atoms with Crippen LogP contribution in [0.2, 0.25) is 0 Å². The van der Waals surface area contributed by atoms with Gasteiger partial charge in [-0.3, -0.25) is 4.90 Å². The minimum atomic E-state index is 0.569. The van der Waals surface area contributed by atoms with Gasteiger partial charge in [0, 0.05) is 30.4 Å².